The highest BCUT2D eigenvalue weighted by Crippen LogP contribution is 2.25. The van der Waals surface area contributed by atoms with Crippen molar-refractivity contribution in [1.29, 1.82) is 0 Å². The van der Waals surface area contributed by atoms with Crippen molar-refractivity contribution < 1.29 is 18.3 Å². The first kappa shape index (κ1) is 13.7. The van der Waals surface area contributed by atoms with Crippen LogP contribution in [0.5, 0.6) is 5.75 Å². The van der Waals surface area contributed by atoms with Crippen LogP contribution in [0.4, 0.5) is 8.78 Å². The van der Waals surface area contributed by atoms with Crippen molar-refractivity contribution in [2.75, 3.05) is 7.11 Å². The average molecular weight is 327 g/mol. The number of carbonyl (C=O) groups excluding carboxylic acids is 1. The molecule has 2 aromatic rings. The Kier molecular flexibility index (Phi) is 3.95. The maximum atomic E-state index is 13.1. The van der Waals surface area contributed by atoms with Gasteiger partial charge in [0.05, 0.1) is 7.11 Å². The van der Waals surface area contributed by atoms with E-state index in [1.165, 1.54) is 13.2 Å². The van der Waals surface area contributed by atoms with Crippen LogP contribution in [0, 0.1) is 11.6 Å². The Bertz CT molecular complexity index is 641. The molecule has 2 rings (SSSR count). The molecule has 98 valence electrons. The third kappa shape index (κ3) is 2.81. The van der Waals surface area contributed by atoms with Crippen LogP contribution >= 0.6 is 15.9 Å². The minimum Gasteiger partial charge on any atom is -0.497 e. The zero-order valence-electron chi connectivity index (χ0n) is 9.91. The number of hydrogen-bond donors (Lipinski definition) is 0. The molecule has 0 radical (unpaired) electrons. The summed E-state index contributed by atoms with van der Waals surface area (Å²) in [5.74, 6) is -1.83. The van der Waals surface area contributed by atoms with Crippen molar-refractivity contribution in [1.82, 2.24) is 0 Å². The van der Waals surface area contributed by atoms with Gasteiger partial charge in [-0.05, 0) is 52.3 Å². The molecule has 0 spiro atoms. The first-order chi connectivity index (χ1) is 9.02. The third-order valence-electron chi connectivity index (χ3n) is 2.60. The number of halogens is 3. The topological polar surface area (TPSA) is 26.3 Å². The number of methoxy groups -OCH3 is 1. The third-order valence-corrected chi connectivity index (χ3v) is 3.26. The highest BCUT2D eigenvalue weighted by molar-refractivity contribution is 9.10. The highest BCUT2D eigenvalue weighted by atomic mass is 79.9. The molecule has 0 aromatic heterocycles. The summed E-state index contributed by atoms with van der Waals surface area (Å²) in [6.45, 7) is 0. The number of ether oxygens (including phenoxy) is 1. The fourth-order valence-electron chi connectivity index (χ4n) is 1.60. The second-order valence-electron chi connectivity index (χ2n) is 3.80. The van der Waals surface area contributed by atoms with Crippen LogP contribution in [-0.2, 0) is 0 Å². The van der Waals surface area contributed by atoms with Crippen LogP contribution in [0.15, 0.2) is 40.9 Å². The van der Waals surface area contributed by atoms with E-state index in [1.54, 1.807) is 18.2 Å². The Morgan fingerprint density at radius 1 is 1.11 bits per heavy atom. The number of carbonyl (C=O) groups is 1. The molecule has 5 heteroatoms. The van der Waals surface area contributed by atoms with E-state index in [9.17, 15) is 13.6 Å². The molecule has 0 heterocycles. The molecule has 0 saturated heterocycles. The van der Waals surface area contributed by atoms with Crippen molar-refractivity contribution >= 4 is 21.7 Å². The molecule has 0 aliphatic heterocycles. The van der Waals surface area contributed by atoms with Crippen LogP contribution in [0.25, 0.3) is 0 Å². The van der Waals surface area contributed by atoms with Gasteiger partial charge in [-0.3, -0.25) is 4.79 Å². The van der Waals surface area contributed by atoms with Gasteiger partial charge in [-0.2, -0.15) is 0 Å². The fourth-order valence-corrected chi connectivity index (χ4v) is 2.14. The molecule has 0 aliphatic rings. The molecule has 0 bridgehead atoms. The predicted octanol–water partition coefficient (Wildman–Crippen LogP) is 3.97. The van der Waals surface area contributed by atoms with Crippen LogP contribution in [0.1, 0.15) is 15.9 Å². The van der Waals surface area contributed by atoms with Crippen LogP contribution < -0.4 is 4.74 Å². The van der Waals surface area contributed by atoms with E-state index < -0.39 is 17.4 Å². The number of ketones is 1. The first-order valence-electron chi connectivity index (χ1n) is 5.36. The van der Waals surface area contributed by atoms with E-state index in [0.717, 1.165) is 12.1 Å². The van der Waals surface area contributed by atoms with Gasteiger partial charge in [-0.15, -0.1) is 0 Å². The Labute approximate surface area is 117 Å². The molecule has 2 nitrogen and oxygen atoms in total. The largest absolute Gasteiger partial charge is 0.497 e. The maximum absolute atomic E-state index is 13.1. The molecular weight excluding hydrogens is 318 g/mol. The van der Waals surface area contributed by atoms with Gasteiger partial charge >= 0.3 is 0 Å². The summed E-state index contributed by atoms with van der Waals surface area (Å²) < 4.78 is 31.5. The van der Waals surface area contributed by atoms with Crippen LogP contribution in [-0.4, -0.2) is 12.9 Å². The molecule has 0 aliphatic carbocycles. The Balaban J connectivity index is 2.41. The SMILES string of the molecule is COc1ccc(C(=O)c2ccc(F)c(F)c2)c(Br)c1. The molecule has 19 heavy (non-hydrogen) atoms. The normalized spacial score (nSPS) is 10.3. The molecule has 0 N–H and O–H groups in total. The maximum Gasteiger partial charge on any atom is 0.194 e. The molecular formula is C14H9BrF2O2. The second kappa shape index (κ2) is 5.48. The van der Waals surface area contributed by atoms with E-state index in [2.05, 4.69) is 15.9 Å². The van der Waals surface area contributed by atoms with Gasteiger partial charge in [-0.1, -0.05) is 0 Å². The Morgan fingerprint density at radius 2 is 1.84 bits per heavy atom. The van der Waals surface area contributed by atoms with Gasteiger partial charge in [0.15, 0.2) is 17.4 Å². The number of benzene rings is 2. The fraction of sp³-hybridized carbons (Fsp3) is 0.0714. The first-order valence-corrected chi connectivity index (χ1v) is 6.15. The summed E-state index contributed by atoms with van der Waals surface area (Å²) in [6.07, 6.45) is 0. The molecule has 0 saturated carbocycles. The van der Waals surface area contributed by atoms with Crippen LogP contribution in [0.3, 0.4) is 0 Å². The van der Waals surface area contributed by atoms with Crippen LogP contribution in [0.2, 0.25) is 0 Å². The van der Waals surface area contributed by atoms with Gasteiger partial charge in [0.2, 0.25) is 0 Å². The van der Waals surface area contributed by atoms with Gasteiger partial charge in [0, 0.05) is 15.6 Å². The summed E-state index contributed by atoms with van der Waals surface area (Å²) in [5, 5.41) is 0. The molecule has 0 fully saturated rings. The summed E-state index contributed by atoms with van der Waals surface area (Å²) in [4.78, 5) is 12.2. The molecule has 2 aromatic carbocycles. The minimum absolute atomic E-state index is 0.0877. The standard InChI is InChI=1S/C14H9BrF2O2/c1-19-9-3-4-10(11(15)7-9)14(18)8-2-5-12(16)13(17)6-8/h2-7H,1H3. The highest BCUT2D eigenvalue weighted by Gasteiger charge is 2.15. The van der Waals surface area contributed by atoms with Crippen molar-refractivity contribution in [3.8, 4) is 5.75 Å². The van der Waals surface area contributed by atoms with Gasteiger partial charge in [0.1, 0.15) is 5.75 Å². The van der Waals surface area contributed by atoms with Crippen molar-refractivity contribution in [2.45, 2.75) is 0 Å². The lowest BCUT2D eigenvalue weighted by molar-refractivity contribution is 0.103. The van der Waals surface area contributed by atoms with Crippen molar-refractivity contribution in [2.24, 2.45) is 0 Å². The zero-order chi connectivity index (χ0) is 14.0. The van der Waals surface area contributed by atoms with E-state index in [0.29, 0.717) is 15.8 Å². The monoisotopic (exact) mass is 326 g/mol. The van der Waals surface area contributed by atoms with Gasteiger partial charge in [-0.25, -0.2) is 8.78 Å². The summed E-state index contributed by atoms with van der Waals surface area (Å²) in [7, 11) is 1.51. The van der Waals surface area contributed by atoms with Crippen molar-refractivity contribution in [3.05, 3.63) is 63.6 Å². The number of rotatable bonds is 3. The summed E-state index contributed by atoms with van der Waals surface area (Å²) in [5.41, 5.74) is 0.441. The predicted molar refractivity (Wildman–Crippen MR) is 70.5 cm³/mol. The summed E-state index contributed by atoms with van der Waals surface area (Å²) >= 11 is 3.25. The molecule has 0 unspecified atom stereocenters. The minimum atomic E-state index is -1.05. The number of hydrogen-bond acceptors (Lipinski definition) is 2. The summed E-state index contributed by atoms with van der Waals surface area (Å²) in [6, 6.07) is 7.88. The average Bonchev–Trinajstić information content (AvgIpc) is 2.41. The second-order valence-corrected chi connectivity index (χ2v) is 4.66. The molecule has 0 atom stereocenters. The lowest BCUT2D eigenvalue weighted by atomic mass is 10.0. The zero-order valence-corrected chi connectivity index (χ0v) is 11.5. The van der Waals surface area contributed by atoms with E-state index in [-0.39, 0.29) is 5.56 Å². The van der Waals surface area contributed by atoms with E-state index >= 15 is 0 Å². The quantitative estimate of drug-likeness (QED) is 0.798. The van der Waals surface area contributed by atoms with Crippen molar-refractivity contribution in [3.63, 3.8) is 0 Å². The lowest BCUT2D eigenvalue weighted by Gasteiger charge is -2.06. The van der Waals surface area contributed by atoms with E-state index in [1.807, 2.05) is 0 Å². The Morgan fingerprint density at radius 3 is 2.42 bits per heavy atom. The smallest absolute Gasteiger partial charge is 0.194 e. The van der Waals surface area contributed by atoms with Gasteiger partial charge in [0.25, 0.3) is 0 Å². The Hall–Kier alpha value is -1.75. The lowest BCUT2D eigenvalue weighted by Crippen LogP contribution is -2.03. The van der Waals surface area contributed by atoms with E-state index in [4.69, 9.17) is 4.74 Å². The van der Waals surface area contributed by atoms with Gasteiger partial charge < -0.3 is 4.74 Å². The molecule has 0 amide bonds.